The fraction of sp³-hybridized carbons (Fsp3) is 1.00. The van der Waals surface area contributed by atoms with Crippen LogP contribution in [0.4, 0.5) is 0 Å². The van der Waals surface area contributed by atoms with E-state index in [1.165, 1.54) is 148 Å². The minimum absolute atomic E-state index is 0.354. The number of aliphatic hydroxyl groups is 2. The van der Waals surface area contributed by atoms with Crippen molar-refractivity contribution in [3.05, 3.63) is 0 Å². The topological polar surface area (TPSA) is 52.5 Å². The van der Waals surface area contributed by atoms with Crippen LogP contribution in [0.2, 0.25) is 0 Å². The zero-order valence-corrected chi connectivity index (χ0v) is 20.5. The van der Waals surface area contributed by atoms with Gasteiger partial charge in [-0.2, -0.15) is 0 Å². The van der Waals surface area contributed by atoms with Gasteiger partial charge in [0.25, 0.3) is 0 Å². The van der Waals surface area contributed by atoms with Crippen molar-refractivity contribution < 1.29 is 10.2 Å². The second kappa shape index (κ2) is 28.9. The normalized spacial score (nSPS) is 11.4. The molecule has 0 atom stereocenters. The summed E-state index contributed by atoms with van der Waals surface area (Å²) in [6, 6.07) is 0. The summed E-state index contributed by atoms with van der Waals surface area (Å²) in [5, 5.41) is 21.1. The molecule has 0 bridgehead atoms. The molecule has 0 aromatic carbocycles. The van der Waals surface area contributed by atoms with Gasteiger partial charge in [-0.3, -0.25) is 0 Å². The van der Waals surface area contributed by atoms with Crippen molar-refractivity contribution in [1.82, 2.24) is 5.32 Å². The van der Waals surface area contributed by atoms with Gasteiger partial charge in [0, 0.05) is 13.2 Å². The van der Waals surface area contributed by atoms with Gasteiger partial charge >= 0.3 is 0 Å². The van der Waals surface area contributed by atoms with Crippen LogP contribution in [0.3, 0.4) is 0 Å². The van der Waals surface area contributed by atoms with Crippen LogP contribution in [0.15, 0.2) is 0 Å². The number of nitrogens with one attached hydrogen (secondary N) is 1. The van der Waals surface area contributed by atoms with Crippen molar-refractivity contribution in [3.63, 3.8) is 0 Å². The first-order valence-electron chi connectivity index (χ1n) is 13.8. The predicted octanol–water partition coefficient (Wildman–Crippen LogP) is 7.53. The lowest BCUT2D eigenvalue weighted by atomic mass is 10.0. The number of hydrogen-bond donors (Lipinski definition) is 3. The molecule has 0 aromatic heterocycles. The summed E-state index contributed by atoms with van der Waals surface area (Å²) in [7, 11) is 0. The Balaban J connectivity index is 2.97. The molecule has 182 valence electrons. The van der Waals surface area contributed by atoms with E-state index in [0.29, 0.717) is 13.2 Å². The predicted molar refractivity (Wildman–Crippen MR) is 133 cm³/mol. The zero-order chi connectivity index (χ0) is 21.8. The Bertz CT molecular complexity index is 258. The fourth-order valence-corrected chi connectivity index (χ4v) is 4.21. The van der Waals surface area contributed by atoms with Crippen molar-refractivity contribution >= 4 is 0 Å². The van der Waals surface area contributed by atoms with E-state index in [1.807, 2.05) is 0 Å². The maximum Gasteiger partial charge on any atom is 0.0431 e. The van der Waals surface area contributed by atoms with E-state index in [1.54, 1.807) is 0 Å². The van der Waals surface area contributed by atoms with Crippen molar-refractivity contribution in [1.29, 1.82) is 0 Å². The van der Waals surface area contributed by atoms with E-state index < -0.39 is 0 Å². The minimum atomic E-state index is 0.354. The Morgan fingerprint density at radius 1 is 0.267 bits per heavy atom. The van der Waals surface area contributed by atoms with Crippen LogP contribution in [0, 0.1) is 0 Å². The van der Waals surface area contributed by atoms with Gasteiger partial charge in [-0.15, -0.1) is 0 Å². The molecule has 0 aliphatic carbocycles. The molecule has 3 N–H and O–H groups in total. The molecule has 0 fully saturated rings. The smallest absolute Gasteiger partial charge is 0.0431 e. The standard InChI is InChI=1S/C27H57NO2/c29-26-22-18-14-12-10-8-6-4-2-1-3-5-7-9-11-13-16-20-24-28-25-21-17-15-19-23-27-30/h28-30H,1-27H2. The molecule has 0 heterocycles. The molecule has 0 saturated carbocycles. The molecular formula is C27H57NO2. The maximum absolute atomic E-state index is 8.75. The van der Waals surface area contributed by atoms with E-state index in [0.717, 1.165) is 12.8 Å². The van der Waals surface area contributed by atoms with E-state index >= 15 is 0 Å². The first-order valence-corrected chi connectivity index (χ1v) is 13.8. The second-order valence-corrected chi connectivity index (χ2v) is 9.33. The van der Waals surface area contributed by atoms with Crippen LogP contribution >= 0.6 is 0 Å². The van der Waals surface area contributed by atoms with Gasteiger partial charge in [0.15, 0.2) is 0 Å². The average molecular weight is 428 g/mol. The largest absolute Gasteiger partial charge is 0.396 e. The summed E-state index contributed by atoms with van der Waals surface area (Å²) >= 11 is 0. The fourth-order valence-electron chi connectivity index (χ4n) is 4.21. The third-order valence-electron chi connectivity index (χ3n) is 6.27. The summed E-state index contributed by atoms with van der Waals surface area (Å²) < 4.78 is 0. The molecule has 3 heteroatoms. The lowest BCUT2D eigenvalue weighted by Crippen LogP contribution is -2.16. The van der Waals surface area contributed by atoms with Crippen LogP contribution in [0.25, 0.3) is 0 Å². The first-order chi connectivity index (χ1) is 14.9. The Morgan fingerprint density at radius 2 is 0.467 bits per heavy atom. The maximum atomic E-state index is 8.75. The molecule has 0 aliphatic heterocycles. The third kappa shape index (κ3) is 27.9. The van der Waals surface area contributed by atoms with Gasteiger partial charge in [0.2, 0.25) is 0 Å². The molecular weight excluding hydrogens is 370 g/mol. The molecule has 0 radical (unpaired) electrons. The zero-order valence-electron chi connectivity index (χ0n) is 20.5. The van der Waals surface area contributed by atoms with Crippen LogP contribution in [0.1, 0.15) is 148 Å². The van der Waals surface area contributed by atoms with E-state index in [4.69, 9.17) is 10.2 Å². The van der Waals surface area contributed by atoms with Gasteiger partial charge in [-0.05, 0) is 38.8 Å². The van der Waals surface area contributed by atoms with Gasteiger partial charge in [0.1, 0.15) is 0 Å². The van der Waals surface area contributed by atoms with Crippen molar-refractivity contribution in [2.45, 2.75) is 148 Å². The van der Waals surface area contributed by atoms with Crippen molar-refractivity contribution in [3.8, 4) is 0 Å². The molecule has 3 nitrogen and oxygen atoms in total. The Morgan fingerprint density at radius 3 is 0.700 bits per heavy atom. The molecule has 0 rings (SSSR count). The lowest BCUT2D eigenvalue weighted by Gasteiger charge is -2.05. The van der Waals surface area contributed by atoms with E-state index in [-0.39, 0.29) is 0 Å². The molecule has 0 aromatic rings. The highest BCUT2D eigenvalue weighted by Gasteiger charge is 1.96. The van der Waals surface area contributed by atoms with Crippen LogP contribution < -0.4 is 5.32 Å². The summed E-state index contributed by atoms with van der Waals surface area (Å²) in [4.78, 5) is 0. The molecule has 30 heavy (non-hydrogen) atoms. The first kappa shape index (κ1) is 29.9. The Labute approximate surface area is 189 Å². The van der Waals surface area contributed by atoms with Gasteiger partial charge in [-0.1, -0.05) is 122 Å². The van der Waals surface area contributed by atoms with E-state index in [9.17, 15) is 0 Å². The number of hydrogen-bond acceptors (Lipinski definition) is 3. The van der Waals surface area contributed by atoms with Crippen molar-refractivity contribution in [2.24, 2.45) is 0 Å². The van der Waals surface area contributed by atoms with Crippen molar-refractivity contribution in [2.75, 3.05) is 26.3 Å². The summed E-state index contributed by atoms with van der Waals surface area (Å²) in [5.74, 6) is 0. The number of unbranched alkanes of at least 4 members (excludes halogenated alkanes) is 21. The molecule has 0 aliphatic rings. The number of rotatable bonds is 27. The SMILES string of the molecule is OCCCCCCCCCCCCCCCCCCCCNCCCCCCCO. The van der Waals surface area contributed by atoms with Crippen LogP contribution in [-0.4, -0.2) is 36.5 Å². The average Bonchev–Trinajstić information content (AvgIpc) is 2.76. The number of aliphatic hydroxyl groups excluding tert-OH is 2. The Kier molecular flexibility index (Phi) is 28.8. The summed E-state index contributed by atoms with van der Waals surface area (Å²) in [6.45, 7) is 3.09. The molecule has 0 saturated heterocycles. The minimum Gasteiger partial charge on any atom is -0.396 e. The second-order valence-electron chi connectivity index (χ2n) is 9.33. The highest BCUT2D eigenvalue weighted by Crippen LogP contribution is 2.14. The highest BCUT2D eigenvalue weighted by molar-refractivity contribution is 4.53. The molecule has 0 spiro atoms. The monoisotopic (exact) mass is 427 g/mol. The van der Waals surface area contributed by atoms with Gasteiger partial charge in [0.05, 0.1) is 0 Å². The van der Waals surface area contributed by atoms with Gasteiger partial charge in [-0.25, -0.2) is 0 Å². The molecule has 0 amide bonds. The summed E-state index contributed by atoms with van der Waals surface area (Å²) in [5.41, 5.74) is 0. The quantitative estimate of drug-likeness (QED) is 0.119. The van der Waals surface area contributed by atoms with Gasteiger partial charge < -0.3 is 15.5 Å². The highest BCUT2D eigenvalue weighted by atomic mass is 16.3. The molecule has 0 unspecified atom stereocenters. The third-order valence-corrected chi connectivity index (χ3v) is 6.27. The van der Waals surface area contributed by atoms with Crippen LogP contribution in [-0.2, 0) is 0 Å². The summed E-state index contributed by atoms with van der Waals surface area (Å²) in [6.07, 6.45) is 30.9. The van der Waals surface area contributed by atoms with E-state index in [2.05, 4.69) is 5.32 Å². The lowest BCUT2D eigenvalue weighted by molar-refractivity contribution is 0.282. The van der Waals surface area contributed by atoms with Crippen LogP contribution in [0.5, 0.6) is 0 Å². The Hall–Kier alpha value is -0.120.